The van der Waals surface area contributed by atoms with Crippen molar-refractivity contribution < 1.29 is 14.3 Å². The van der Waals surface area contributed by atoms with E-state index in [4.69, 9.17) is 4.74 Å². The Hall–Kier alpha value is -2.14. The maximum atomic E-state index is 12.4. The SMILES string of the molecule is C[C@H]1CCc2sc(C(=O)OCC(=O)N3CCc4ccccc43)cc2C1. The van der Waals surface area contributed by atoms with Crippen LogP contribution < -0.4 is 4.90 Å². The summed E-state index contributed by atoms with van der Waals surface area (Å²) in [5.74, 6) is 0.129. The van der Waals surface area contributed by atoms with Crippen LogP contribution in [-0.2, 0) is 28.8 Å². The number of fused-ring (bicyclic) bond motifs is 2. The maximum Gasteiger partial charge on any atom is 0.348 e. The monoisotopic (exact) mass is 355 g/mol. The van der Waals surface area contributed by atoms with E-state index in [1.54, 1.807) is 4.90 Å². The summed E-state index contributed by atoms with van der Waals surface area (Å²) in [6, 6.07) is 9.83. The van der Waals surface area contributed by atoms with Gasteiger partial charge in [-0.25, -0.2) is 4.79 Å². The Labute approximate surface area is 151 Å². The number of carbonyl (C=O) groups excluding carboxylic acids is 2. The van der Waals surface area contributed by atoms with Crippen LogP contribution in [0.2, 0.25) is 0 Å². The minimum Gasteiger partial charge on any atom is -0.451 e. The van der Waals surface area contributed by atoms with Gasteiger partial charge in [0.15, 0.2) is 6.61 Å². The standard InChI is InChI=1S/C20H21NO3S/c1-13-6-7-17-15(10-13)11-18(25-17)20(23)24-12-19(22)21-9-8-14-4-2-3-5-16(14)21/h2-5,11,13H,6-10,12H2,1H3/t13-/m0/s1. The maximum absolute atomic E-state index is 12.4. The summed E-state index contributed by atoms with van der Waals surface area (Å²) in [5.41, 5.74) is 3.38. The molecule has 0 fully saturated rings. The summed E-state index contributed by atoms with van der Waals surface area (Å²) in [6.45, 7) is 2.69. The van der Waals surface area contributed by atoms with Crippen LogP contribution in [0.15, 0.2) is 30.3 Å². The first-order chi connectivity index (χ1) is 12.1. The molecule has 130 valence electrons. The average molecular weight is 355 g/mol. The molecular weight excluding hydrogens is 334 g/mol. The normalized spacial score (nSPS) is 18.6. The summed E-state index contributed by atoms with van der Waals surface area (Å²) < 4.78 is 5.30. The highest BCUT2D eigenvalue weighted by Gasteiger charge is 2.26. The van der Waals surface area contributed by atoms with Crippen LogP contribution >= 0.6 is 11.3 Å². The molecule has 1 aliphatic heterocycles. The number of hydrogen-bond acceptors (Lipinski definition) is 4. The third-order valence-electron chi connectivity index (χ3n) is 5.05. The van der Waals surface area contributed by atoms with Crippen LogP contribution in [0.4, 0.5) is 5.69 Å². The first kappa shape index (κ1) is 16.3. The first-order valence-corrected chi connectivity index (χ1v) is 9.60. The quantitative estimate of drug-likeness (QED) is 0.790. The second kappa shape index (κ2) is 6.64. The number of amides is 1. The van der Waals surface area contributed by atoms with Crippen molar-refractivity contribution in [2.45, 2.75) is 32.6 Å². The van der Waals surface area contributed by atoms with E-state index in [-0.39, 0.29) is 18.5 Å². The number of anilines is 1. The Bertz CT molecular complexity index is 826. The molecule has 25 heavy (non-hydrogen) atoms. The number of benzene rings is 1. The van der Waals surface area contributed by atoms with Crippen molar-refractivity contribution in [2.75, 3.05) is 18.1 Å². The van der Waals surface area contributed by atoms with Crippen molar-refractivity contribution in [3.05, 3.63) is 51.2 Å². The highest BCUT2D eigenvalue weighted by molar-refractivity contribution is 7.14. The van der Waals surface area contributed by atoms with Crippen molar-refractivity contribution >= 4 is 28.9 Å². The lowest BCUT2D eigenvalue weighted by Gasteiger charge is -2.16. The molecule has 5 heteroatoms. The van der Waals surface area contributed by atoms with Gasteiger partial charge in [0, 0.05) is 17.1 Å². The molecule has 0 unspecified atom stereocenters. The molecule has 0 radical (unpaired) electrons. The molecule has 1 aliphatic carbocycles. The zero-order chi connectivity index (χ0) is 17.4. The Morgan fingerprint density at radius 2 is 2.08 bits per heavy atom. The molecule has 4 nitrogen and oxygen atoms in total. The fraction of sp³-hybridized carbons (Fsp3) is 0.400. The third-order valence-corrected chi connectivity index (χ3v) is 6.26. The predicted molar refractivity (Wildman–Crippen MR) is 98.3 cm³/mol. The minimum absolute atomic E-state index is 0.159. The molecule has 0 saturated heterocycles. The van der Waals surface area contributed by atoms with Crippen LogP contribution in [0.3, 0.4) is 0 Å². The molecule has 0 spiro atoms. The molecule has 1 aromatic carbocycles. The van der Waals surface area contributed by atoms with Gasteiger partial charge in [-0.3, -0.25) is 4.79 Å². The second-order valence-corrected chi connectivity index (χ2v) is 8.04. The van der Waals surface area contributed by atoms with Gasteiger partial charge < -0.3 is 9.64 Å². The van der Waals surface area contributed by atoms with Crippen LogP contribution in [0.25, 0.3) is 0 Å². The highest BCUT2D eigenvalue weighted by atomic mass is 32.1. The zero-order valence-corrected chi connectivity index (χ0v) is 15.1. The topological polar surface area (TPSA) is 46.6 Å². The van der Waals surface area contributed by atoms with Crippen LogP contribution in [-0.4, -0.2) is 25.0 Å². The predicted octanol–water partition coefficient (Wildman–Crippen LogP) is 3.62. The van der Waals surface area contributed by atoms with Gasteiger partial charge in [-0.15, -0.1) is 11.3 Å². The fourth-order valence-corrected chi connectivity index (χ4v) is 4.78. The van der Waals surface area contributed by atoms with Gasteiger partial charge in [0.05, 0.1) is 0 Å². The smallest absolute Gasteiger partial charge is 0.348 e. The van der Waals surface area contributed by atoms with Crippen molar-refractivity contribution in [1.82, 2.24) is 0 Å². The van der Waals surface area contributed by atoms with E-state index in [1.165, 1.54) is 33.8 Å². The Kier molecular flexibility index (Phi) is 4.34. The number of thiophene rings is 1. The molecule has 2 aliphatic rings. The van der Waals surface area contributed by atoms with Gasteiger partial charge in [0.25, 0.3) is 5.91 Å². The number of nitrogens with zero attached hydrogens (tertiary/aromatic N) is 1. The van der Waals surface area contributed by atoms with E-state index < -0.39 is 0 Å². The van der Waals surface area contributed by atoms with Gasteiger partial charge in [-0.1, -0.05) is 25.1 Å². The molecule has 1 amide bonds. The molecule has 4 rings (SSSR count). The minimum atomic E-state index is -0.382. The molecule has 0 N–H and O–H groups in total. The molecule has 1 aromatic heterocycles. The Morgan fingerprint density at radius 3 is 2.96 bits per heavy atom. The van der Waals surface area contributed by atoms with E-state index >= 15 is 0 Å². The van der Waals surface area contributed by atoms with Gasteiger partial charge in [-0.2, -0.15) is 0 Å². The lowest BCUT2D eigenvalue weighted by atomic mass is 9.90. The van der Waals surface area contributed by atoms with Gasteiger partial charge in [-0.05, 0) is 54.9 Å². The van der Waals surface area contributed by atoms with E-state index in [1.807, 2.05) is 30.3 Å². The summed E-state index contributed by atoms with van der Waals surface area (Å²) in [6.07, 6.45) is 4.10. The number of para-hydroxylation sites is 1. The third kappa shape index (κ3) is 3.21. The van der Waals surface area contributed by atoms with Gasteiger partial charge in [0.2, 0.25) is 0 Å². The van der Waals surface area contributed by atoms with Crippen molar-refractivity contribution in [3.8, 4) is 0 Å². The molecule has 2 heterocycles. The Balaban J connectivity index is 1.39. The number of rotatable bonds is 3. The van der Waals surface area contributed by atoms with E-state index in [0.717, 1.165) is 24.9 Å². The average Bonchev–Trinajstić information content (AvgIpc) is 3.23. The van der Waals surface area contributed by atoms with Gasteiger partial charge >= 0.3 is 5.97 Å². The van der Waals surface area contributed by atoms with Crippen LogP contribution in [0.5, 0.6) is 0 Å². The van der Waals surface area contributed by atoms with E-state index in [9.17, 15) is 9.59 Å². The van der Waals surface area contributed by atoms with Crippen molar-refractivity contribution in [3.63, 3.8) is 0 Å². The summed E-state index contributed by atoms with van der Waals surface area (Å²) in [5, 5.41) is 0. The molecule has 2 aromatic rings. The number of aryl methyl sites for hydroxylation is 1. The van der Waals surface area contributed by atoms with E-state index in [0.29, 0.717) is 17.3 Å². The highest BCUT2D eigenvalue weighted by Crippen LogP contribution is 2.32. The molecule has 1 atom stereocenters. The molecule has 0 bridgehead atoms. The second-order valence-electron chi connectivity index (χ2n) is 6.91. The lowest BCUT2D eigenvalue weighted by Crippen LogP contribution is -2.33. The van der Waals surface area contributed by atoms with Gasteiger partial charge in [0.1, 0.15) is 4.88 Å². The number of ether oxygens (including phenoxy) is 1. The zero-order valence-electron chi connectivity index (χ0n) is 14.3. The lowest BCUT2D eigenvalue weighted by molar-refractivity contribution is -0.121. The Morgan fingerprint density at radius 1 is 1.24 bits per heavy atom. The molecular formula is C20H21NO3S. The van der Waals surface area contributed by atoms with Crippen LogP contribution in [0.1, 0.15) is 39.0 Å². The summed E-state index contributed by atoms with van der Waals surface area (Å²) >= 11 is 1.52. The summed E-state index contributed by atoms with van der Waals surface area (Å²) in [4.78, 5) is 28.4. The molecule has 0 saturated carbocycles. The van der Waals surface area contributed by atoms with E-state index in [2.05, 4.69) is 6.92 Å². The van der Waals surface area contributed by atoms with Crippen molar-refractivity contribution in [2.24, 2.45) is 5.92 Å². The van der Waals surface area contributed by atoms with Crippen LogP contribution in [0, 0.1) is 5.92 Å². The number of hydrogen-bond donors (Lipinski definition) is 0. The number of esters is 1. The largest absolute Gasteiger partial charge is 0.451 e. The van der Waals surface area contributed by atoms with Crippen molar-refractivity contribution in [1.29, 1.82) is 0 Å². The first-order valence-electron chi connectivity index (χ1n) is 8.79. The fourth-order valence-electron chi connectivity index (χ4n) is 3.68. The summed E-state index contributed by atoms with van der Waals surface area (Å²) in [7, 11) is 0. The number of carbonyl (C=O) groups is 2.